The van der Waals surface area contributed by atoms with Crippen LogP contribution in [0.4, 0.5) is 5.69 Å². The third-order valence-electron chi connectivity index (χ3n) is 6.81. The van der Waals surface area contributed by atoms with E-state index in [4.69, 9.17) is 4.74 Å². The highest BCUT2D eigenvalue weighted by Gasteiger charge is 2.55. The lowest BCUT2D eigenvalue weighted by Crippen LogP contribution is -2.53. The molecule has 0 heterocycles. The van der Waals surface area contributed by atoms with Crippen LogP contribution in [0.15, 0.2) is 18.2 Å². The van der Waals surface area contributed by atoms with Crippen molar-refractivity contribution in [3.8, 4) is 5.75 Å². The van der Waals surface area contributed by atoms with Gasteiger partial charge >= 0.3 is 11.7 Å². The molecule has 7 nitrogen and oxygen atoms in total. The van der Waals surface area contributed by atoms with Crippen LogP contribution in [0.3, 0.4) is 0 Å². The van der Waals surface area contributed by atoms with Crippen molar-refractivity contribution in [2.45, 2.75) is 51.6 Å². The Morgan fingerprint density at radius 2 is 1.71 bits per heavy atom. The van der Waals surface area contributed by atoms with Gasteiger partial charge in [-0.25, -0.2) is 4.79 Å². The predicted octanol–water partition coefficient (Wildman–Crippen LogP) is 3.93. The molecule has 4 fully saturated rings. The van der Waals surface area contributed by atoms with Crippen molar-refractivity contribution in [2.75, 3.05) is 7.11 Å². The quantitative estimate of drug-likeness (QED) is 0.417. The van der Waals surface area contributed by atoms with Crippen molar-refractivity contribution in [3.63, 3.8) is 0 Å². The van der Waals surface area contributed by atoms with Crippen LogP contribution in [0.2, 0.25) is 0 Å². The highest BCUT2D eigenvalue weighted by atomic mass is 16.6. The maximum Gasteiger partial charge on any atom is 0.338 e. The summed E-state index contributed by atoms with van der Waals surface area (Å²) in [7, 11) is 1.21. The van der Waals surface area contributed by atoms with Crippen LogP contribution in [-0.2, 0) is 9.53 Å². The van der Waals surface area contributed by atoms with E-state index in [1.807, 2.05) is 0 Å². The first kappa shape index (κ1) is 18.9. The lowest BCUT2D eigenvalue weighted by molar-refractivity contribution is -0.386. The zero-order valence-corrected chi connectivity index (χ0v) is 16.2. The van der Waals surface area contributed by atoms with Gasteiger partial charge in [0.25, 0.3) is 0 Å². The van der Waals surface area contributed by atoms with E-state index >= 15 is 0 Å². The van der Waals surface area contributed by atoms with Crippen LogP contribution in [0.5, 0.6) is 5.75 Å². The van der Waals surface area contributed by atoms with Gasteiger partial charge in [0.15, 0.2) is 17.6 Å². The van der Waals surface area contributed by atoms with Gasteiger partial charge in [-0.1, -0.05) is 0 Å². The second kappa shape index (κ2) is 6.87. The number of nitrogens with zero attached hydrogens (tertiary/aromatic N) is 1. The Balaban J connectivity index is 1.55. The van der Waals surface area contributed by atoms with Gasteiger partial charge in [0.1, 0.15) is 0 Å². The molecule has 1 aromatic carbocycles. The van der Waals surface area contributed by atoms with Crippen LogP contribution >= 0.6 is 0 Å². The molecule has 0 N–H and O–H groups in total. The summed E-state index contributed by atoms with van der Waals surface area (Å²) >= 11 is 0. The number of methoxy groups -OCH3 is 1. The van der Waals surface area contributed by atoms with Gasteiger partial charge in [-0.2, -0.15) is 0 Å². The molecule has 0 aliphatic heterocycles. The minimum Gasteiger partial charge on any atom is -0.476 e. The van der Waals surface area contributed by atoms with Crippen LogP contribution in [0.1, 0.15) is 55.8 Å². The Morgan fingerprint density at radius 1 is 1.14 bits per heavy atom. The van der Waals surface area contributed by atoms with Crippen molar-refractivity contribution in [3.05, 3.63) is 33.9 Å². The van der Waals surface area contributed by atoms with Crippen molar-refractivity contribution in [1.29, 1.82) is 0 Å². The Morgan fingerprint density at radius 3 is 2.21 bits per heavy atom. The number of hydrogen-bond donors (Lipinski definition) is 0. The fourth-order valence-corrected chi connectivity index (χ4v) is 6.09. The number of ether oxygens (including phenoxy) is 2. The lowest BCUT2D eigenvalue weighted by atomic mass is 9.48. The average Bonchev–Trinajstić information content (AvgIpc) is 2.65. The average molecular weight is 387 g/mol. The van der Waals surface area contributed by atoms with Crippen LogP contribution < -0.4 is 4.74 Å². The molecular formula is C21H25NO6. The van der Waals surface area contributed by atoms with Crippen LogP contribution in [0.25, 0.3) is 0 Å². The standard InChI is InChI=1S/C21H25NO6/c1-12(19(23)21-9-13-5-14(10-21)7-15(6-13)11-21)28-18-4-3-16(20(24)27-2)8-17(18)22(25)26/h3-4,8,12-15H,5-7,9-11H2,1-2H3/t12-,13?,14?,15?,21?/m0/s1. The molecule has 4 aliphatic carbocycles. The zero-order chi connectivity index (χ0) is 20.1. The molecule has 0 radical (unpaired) electrons. The molecule has 4 aliphatic rings. The molecule has 5 rings (SSSR count). The van der Waals surface area contributed by atoms with E-state index in [9.17, 15) is 19.7 Å². The molecule has 28 heavy (non-hydrogen) atoms. The molecule has 1 aromatic rings. The summed E-state index contributed by atoms with van der Waals surface area (Å²) in [6.07, 6.45) is 5.73. The largest absolute Gasteiger partial charge is 0.476 e. The number of benzene rings is 1. The molecule has 4 saturated carbocycles. The minimum atomic E-state index is -0.765. The van der Waals surface area contributed by atoms with Gasteiger partial charge in [0.05, 0.1) is 17.6 Å². The van der Waals surface area contributed by atoms with E-state index < -0.39 is 17.0 Å². The summed E-state index contributed by atoms with van der Waals surface area (Å²) in [4.78, 5) is 35.8. The normalized spacial score (nSPS) is 31.3. The fraction of sp³-hybridized carbons (Fsp3) is 0.619. The first-order valence-electron chi connectivity index (χ1n) is 9.89. The minimum absolute atomic E-state index is 0.00299. The number of ketones is 1. The fourth-order valence-electron chi connectivity index (χ4n) is 6.09. The third kappa shape index (κ3) is 3.16. The highest BCUT2D eigenvalue weighted by Crippen LogP contribution is 2.60. The van der Waals surface area contributed by atoms with E-state index in [0.717, 1.165) is 25.3 Å². The number of carbonyl (C=O) groups is 2. The molecule has 4 bridgehead atoms. The number of nitro benzene ring substituents is 1. The Kier molecular flexibility index (Phi) is 4.63. The number of nitro groups is 1. The van der Waals surface area contributed by atoms with Crippen molar-refractivity contribution >= 4 is 17.4 Å². The second-order valence-corrected chi connectivity index (χ2v) is 8.75. The lowest BCUT2D eigenvalue weighted by Gasteiger charge is -2.56. The maximum atomic E-state index is 13.3. The van der Waals surface area contributed by atoms with E-state index in [2.05, 4.69) is 4.74 Å². The molecule has 0 unspecified atom stereocenters. The summed E-state index contributed by atoms with van der Waals surface area (Å²) in [5.74, 6) is 1.32. The molecule has 0 saturated heterocycles. The van der Waals surface area contributed by atoms with Gasteiger partial charge in [-0.15, -0.1) is 0 Å². The van der Waals surface area contributed by atoms with Crippen molar-refractivity contribution in [2.24, 2.45) is 23.2 Å². The van der Waals surface area contributed by atoms with E-state index in [1.165, 1.54) is 38.5 Å². The van der Waals surface area contributed by atoms with Gasteiger partial charge < -0.3 is 9.47 Å². The summed E-state index contributed by atoms with van der Waals surface area (Å²) in [6.45, 7) is 1.68. The summed E-state index contributed by atoms with van der Waals surface area (Å²) in [5, 5.41) is 11.4. The van der Waals surface area contributed by atoms with Gasteiger partial charge in [0, 0.05) is 11.5 Å². The van der Waals surface area contributed by atoms with Crippen molar-refractivity contribution in [1.82, 2.24) is 0 Å². The van der Waals surface area contributed by atoms with Crippen molar-refractivity contribution < 1.29 is 24.0 Å². The molecule has 0 amide bonds. The molecule has 150 valence electrons. The Hall–Kier alpha value is -2.44. The monoisotopic (exact) mass is 387 g/mol. The summed E-state index contributed by atoms with van der Waals surface area (Å²) < 4.78 is 10.4. The van der Waals surface area contributed by atoms with Gasteiger partial charge in [0.2, 0.25) is 0 Å². The number of hydrogen-bond acceptors (Lipinski definition) is 6. The van der Waals surface area contributed by atoms with Gasteiger partial charge in [-0.05, 0) is 75.3 Å². The van der Waals surface area contributed by atoms with E-state index in [-0.39, 0.29) is 28.2 Å². The van der Waals surface area contributed by atoms with Crippen LogP contribution in [0, 0.1) is 33.3 Å². The third-order valence-corrected chi connectivity index (χ3v) is 6.81. The van der Waals surface area contributed by atoms with Crippen LogP contribution in [-0.4, -0.2) is 29.9 Å². The molecule has 1 atom stereocenters. The van der Waals surface area contributed by atoms with E-state index in [0.29, 0.717) is 17.8 Å². The molecule has 7 heteroatoms. The molecule has 0 aromatic heterocycles. The zero-order valence-electron chi connectivity index (χ0n) is 16.2. The maximum absolute atomic E-state index is 13.3. The number of rotatable bonds is 6. The summed E-state index contributed by atoms with van der Waals surface area (Å²) in [6, 6.07) is 3.91. The number of esters is 1. The second-order valence-electron chi connectivity index (χ2n) is 8.75. The number of Topliss-reactive ketones (excluding diaryl/α,β-unsaturated/α-hetero) is 1. The first-order valence-corrected chi connectivity index (χ1v) is 9.89. The van der Waals surface area contributed by atoms with Gasteiger partial charge in [-0.3, -0.25) is 14.9 Å². The highest BCUT2D eigenvalue weighted by molar-refractivity contribution is 5.91. The Bertz CT molecular complexity index is 797. The number of carbonyl (C=O) groups excluding carboxylic acids is 2. The van der Waals surface area contributed by atoms with E-state index in [1.54, 1.807) is 6.92 Å². The molecular weight excluding hydrogens is 362 g/mol. The SMILES string of the molecule is COC(=O)c1ccc(O[C@@H](C)C(=O)C23CC4CC(CC(C4)C2)C3)c([N+](=O)[O-])c1. The smallest absolute Gasteiger partial charge is 0.338 e. The predicted molar refractivity (Wildman–Crippen MR) is 100 cm³/mol. The molecule has 0 spiro atoms. The summed E-state index contributed by atoms with van der Waals surface area (Å²) in [5.41, 5.74) is -0.593. The topological polar surface area (TPSA) is 95.7 Å². The Labute approximate surface area is 163 Å². The first-order chi connectivity index (χ1) is 13.3.